The van der Waals surface area contributed by atoms with Crippen LogP contribution in [0.1, 0.15) is 12.5 Å². The van der Waals surface area contributed by atoms with Crippen LogP contribution < -0.4 is 10.1 Å². The van der Waals surface area contributed by atoms with Crippen LogP contribution in [0.3, 0.4) is 0 Å². The molecule has 0 spiro atoms. The molecule has 2 aromatic rings. The molecule has 0 atom stereocenters. The Morgan fingerprint density at radius 3 is 2.57 bits per heavy atom. The molecular formula is C18H16N2O3. The summed E-state index contributed by atoms with van der Waals surface area (Å²) in [5.74, 6) is 0.171. The van der Waals surface area contributed by atoms with Gasteiger partial charge in [0.1, 0.15) is 23.1 Å². The van der Waals surface area contributed by atoms with E-state index in [0.717, 1.165) is 0 Å². The lowest BCUT2D eigenvalue weighted by molar-refractivity contribution is -0.112. The summed E-state index contributed by atoms with van der Waals surface area (Å²) in [5, 5.41) is 21.5. The first kappa shape index (κ1) is 16.1. The van der Waals surface area contributed by atoms with Crippen LogP contribution in [0.5, 0.6) is 11.5 Å². The minimum Gasteiger partial charge on any atom is -0.507 e. The maximum absolute atomic E-state index is 12.2. The van der Waals surface area contributed by atoms with Gasteiger partial charge in [0, 0.05) is 11.3 Å². The van der Waals surface area contributed by atoms with E-state index in [4.69, 9.17) is 10.00 Å². The SMILES string of the molecule is CCOc1ccc(NC(=O)/C(C#N)=C/c2ccccc2O)cc1. The van der Waals surface area contributed by atoms with Crippen LogP contribution in [-0.2, 0) is 4.79 Å². The number of carbonyl (C=O) groups is 1. The molecule has 116 valence electrons. The molecule has 5 nitrogen and oxygen atoms in total. The van der Waals surface area contributed by atoms with Gasteiger partial charge in [-0.2, -0.15) is 5.26 Å². The maximum Gasteiger partial charge on any atom is 0.266 e. The lowest BCUT2D eigenvalue weighted by atomic mass is 10.1. The largest absolute Gasteiger partial charge is 0.507 e. The first-order valence-electron chi connectivity index (χ1n) is 7.08. The minimum absolute atomic E-state index is 0.00844. The first-order valence-corrected chi connectivity index (χ1v) is 7.08. The number of ether oxygens (including phenoxy) is 1. The number of carbonyl (C=O) groups excluding carboxylic acids is 1. The Balaban J connectivity index is 2.14. The third kappa shape index (κ3) is 4.35. The van der Waals surface area contributed by atoms with Crippen molar-refractivity contribution in [2.24, 2.45) is 0 Å². The number of phenolic OH excluding ortho intramolecular Hbond substituents is 1. The summed E-state index contributed by atoms with van der Waals surface area (Å²) in [5.41, 5.74) is 0.864. The Morgan fingerprint density at radius 2 is 1.96 bits per heavy atom. The number of anilines is 1. The van der Waals surface area contributed by atoms with Crippen LogP contribution in [0.2, 0.25) is 0 Å². The van der Waals surface area contributed by atoms with Crippen molar-refractivity contribution < 1.29 is 14.6 Å². The minimum atomic E-state index is -0.542. The Hall–Kier alpha value is -3.26. The number of nitrogens with one attached hydrogen (secondary N) is 1. The van der Waals surface area contributed by atoms with Crippen LogP contribution >= 0.6 is 0 Å². The molecule has 0 radical (unpaired) electrons. The summed E-state index contributed by atoms with van der Waals surface area (Å²) in [4.78, 5) is 12.2. The van der Waals surface area contributed by atoms with E-state index in [-0.39, 0.29) is 11.3 Å². The van der Waals surface area contributed by atoms with Gasteiger partial charge in [0.05, 0.1) is 6.61 Å². The molecule has 0 bridgehead atoms. The summed E-state index contributed by atoms with van der Waals surface area (Å²) in [7, 11) is 0. The number of nitriles is 1. The highest BCUT2D eigenvalue weighted by Crippen LogP contribution is 2.20. The van der Waals surface area contributed by atoms with Crippen molar-refractivity contribution in [3.05, 3.63) is 59.7 Å². The summed E-state index contributed by atoms with van der Waals surface area (Å²) in [6, 6.07) is 15.2. The van der Waals surface area contributed by atoms with E-state index in [9.17, 15) is 9.90 Å². The monoisotopic (exact) mass is 308 g/mol. The second-order valence-corrected chi connectivity index (χ2v) is 4.64. The molecule has 0 aliphatic heterocycles. The lowest BCUT2D eigenvalue weighted by Crippen LogP contribution is -2.13. The Kier molecular flexibility index (Phi) is 5.37. The topological polar surface area (TPSA) is 82.3 Å². The molecule has 0 saturated heterocycles. The van der Waals surface area contributed by atoms with Gasteiger partial charge in [-0.25, -0.2) is 0 Å². The van der Waals surface area contributed by atoms with E-state index in [1.807, 2.05) is 13.0 Å². The van der Waals surface area contributed by atoms with E-state index in [1.165, 1.54) is 12.1 Å². The quantitative estimate of drug-likeness (QED) is 0.655. The maximum atomic E-state index is 12.2. The molecule has 0 aliphatic carbocycles. The van der Waals surface area contributed by atoms with Gasteiger partial charge in [-0.3, -0.25) is 4.79 Å². The van der Waals surface area contributed by atoms with Crippen molar-refractivity contribution in [3.8, 4) is 17.6 Å². The fourth-order valence-corrected chi connectivity index (χ4v) is 1.91. The molecule has 0 unspecified atom stereocenters. The van der Waals surface area contributed by atoms with Crippen molar-refractivity contribution >= 4 is 17.7 Å². The van der Waals surface area contributed by atoms with Crippen LogP contribution in [0.25, 0.3) is 6.08 Å². The fourth-order valence-electron chi connectivity index (χ4n) is 1.91. The zero-order chi connectivity index (χ0) is 16.7. The van der Waals surface area contributed by atoms with Gasteiger partial charge in [0.2, 0.25) is 0 Å². The lowest BCUT2D eigenvalue weighted by Gasteiger charge is -2.07. The van der Waals surface area contributed by atoms with Crippen molar-refractivity contribution in [2.45, 2.75) is 6.92 Å². The predicted octanol–water partition coefficient (Wildman–Crippen LogP) is 3.34. The van der Waals surface area contributed by atoms with Crippen LogP contribution in [0.15, 0.2) is 54.1 Å². The van der Waals surface area contributed by atoms with Crippen molar-refractivity contribution in [2.75, 3.05) is 11.9 Å². The van der Waals surface area contributed by atoms with Gasteiger partial charge in [0.15, 0.2) is 0 Å². The van der Waals surface area contributed by atoms with Crippen LogP contribution in [0.4, 0.5) is 5.69 Å². The number of hydrogen-bond donors (Lipinski definition) is 2. The van der Waals surface area contributed by atoms with E-state index >= 15 is 0 Å². The smallest absolute Gasteiger partial charge is 0.266 e. The molecule has 0 heterocycles. The Bertz CT molecular complexity index is 759. The number of rotatable bonds is 5. The third-order valence-electron chi connectivity index (χ3n) is 3.02. The zero-order valence-corrected chi connectivity index (χ0v) is 12.6. The average Bonchev–Trinajstić information content (AvgIpc) is 2.56. The molecule has 2 rings (SSSR count). The predicted molar refractivity (Wildman–Crippen MR) is 87.9 cm³/mol. The van der Waals surface area contributed by atoms with Gasteiger partial charge < -0.3 is 15.2 Å². The number of phenols is 1. The highest BCUT2D eigenvalue weighted by atomic mass is 16.5. The van der Waals surface area contributed by atoms with Gasteiger partial charge in [0.25, 0.3) is 5.91 Å². The normalized spacial score (nSPS) is 10.7. The molecule has 0 saturated carbocycles. The standard InChI is InChI=1S/C18H16N2O3/c1-2-23-16-9-7-15(8-10-16)20-18(22)14(12-19)11-13-5-3-4-6-17(13)21/h3-11,21H,2H2,1H3,(H,20,22)/b14-11+. The Morgan fingerprint density at radius 1 is 1.26 bits per heavy atom. The third-order valence-corrected chi connectivity index (χ3v) is 3.02. The number of para-hydroxylation sites is 1. The van der Waals surface area contributed by atoms with E-state index in [2.05, 4.69) is 5.32 Å². The summed E-state index contributed by atoms with van der Waals surface area (Å²) < 4.78 is 5.32. The number of hydrogen-bond acceptors (Lipinski definition) is 4. The van der Waals surface area contributed by atoms with Gasteiger partial charge in [-0.05, 0) is 43.3 Å². The van der Waals surface area contributed by atoms with E-state index in [1.54, 1.807) is 42.5 Å². The highest BCUT2D eigenvalue weighted by Gasteiger charge is 2.10. The van der Waals surface area contributed by atoms with Crippen molar-refractivity contribution in [1.29, 1.82) is 5.26 Å². The molecule has 0 fully saturated rings. The van der Waals surface area contributed by atoms with Gasteiger partial charge >= 0.3 is 0 Å². The van der Waals surface area contributed by atoms with Gasteiger partial charge in [-0.15, -0.1) is 0 Å². The number of benzene rings is 2. The number of amides is 1. The summed E-state index contributed by atoms with van der Waals surface area (Å²) in [6.45, 7) is 2.45. The van der Waals surface area contributed by atoms with E-state index < -0.39 is 5.91 Å². The second-order valence-electron chi connectivity index (χ2n) is 4.64. The first-order chi connectivity index (χ1) is 11.1. The molecule has 0 aromatic heterocycles. The molecule has 23 heavy (non-hydrogen) atoms. The zero-order valence-electron chi connectivity index (χ0n) is 12.6. The van der Waals surface area contributed by atoms with E-state index in [0.29, 0.717) is 23.6 Å². The molecule has 5 heteroatoms. The number of nitrogens with zero attached hydrogens (tertiary/aromatic N) is 1. The molecule has 1 amide bonds. The van der Waals surface area contributed by atoms with Crippen molar-refractivity contribution in [1.82, 2.24) is 0 Å². The highest BCUT2D eigenvalue weighted by molar-refractivity contribution is 6.09. The molecule has 0 aliphatic rings. The molecule has 2 aromatic carbocycles. The van der Waals surface area contributed by atoms with Crippen LogP contribution in [0, 0.1) is 11.3 Å². The summed E-state index contributed by atoms with van der Waals surface area (Å²) >= 11 is 0. The van der Waals surface area contributed by atoms with Crippen molar-refractivity contribution in [3.63, 3.8) is 0 Å². The number of aromatic hydroxyl groups is 1. The Labute approximate surface area is 134 Å². The van der Waals surface area contributed by atoms with Gasteiger partial charge in [-0.1, -0.05) is 18.2 Å². The van der Waals surface area contributed by atoms with Crippen LogP contribution in [-0.4, -0.2) is 17.6 Å². The second kappa shape index (κ2) is 7.66. The molecular weight excluding hydrogens is 292 g/mol. The fraction of sp³-hybridized carbons (Fsp3) is 0.111. The molecule has 2 N–H and O–H groups in total. The average molecular weight is 308 g/mol. The summed E-state index contributed by atoms with van der Waals surface area (Å²) in [6.07, 6.45) is 1.35.